The average molecular weight is 344 g/mol. The first-order chi connectivity index (χ1) is 11.4. The molecule has 0 spiro atoms. The Morgan fingerprint density at radius 3 is 2.79 bits per heavy atom. The molecule has 1 N–H and O–H groups in total. The Bertz CT molecular complexity index is 783. The molecule has 0 saturated heterocycles. The first-order valence-electron chi connectivity index (χ1n) is 7.31. The Morgan fingerprint density at radius 1 is 1.42 bits per heavy atom. The zero-order chi connectivity index (χ0) is 17.7. The van der Waals surface area contributed by atoms with Crippen LogP contribution in [0.4, 0.5) is 0 Å². The number of hydrogen-bond donors (Lipinski definition) is 1. The van der Waals surface area contributed by atoms with Crippen molar-refractivity contribution in [3.8, 4) is 18.1 Å². The first-order valence-corrected chi connectivity index (χ1v) is 8.54. The standard InChI is InChI=1S/C18H20N2O3S/c1-6-18(2,3)20-16(21)17(22-4)23-13-7-8-15-12(9-13)10-14(24-5)11-19-15/h1,7-11,17H,2-5H3,(H,20,21). The summed E-state index contributed by atoms with van der Waals surface area (Å²) in [4.78, 5) is 17.7. The molecule has 0 bridgehead atoms. The minimum Gasteiger partial charge on any atom is -0.455 e. The number of aromatic nitrogens is 1. The molecule has 0 radical (unpaired) electrons. The zero-order valence-corrected chi connectivity index (χ0v) is 14.9. The fourth-order valence-electron chi connectivity index (χ4n) is 2.01. The third-order valence-electron chi connectivity index (χ3n) is 3.33. The van der Waals surface area contributed by atoms with E-state index in [1.165, 1.54) is 7.11 Å². The summed E-state index contributed by atoms with van der Waals surface area (Å²) in [5.74, 6) is 2.58. The molecule has 24 heavy (non-hydrogen) atoms. The number of fused-ring (bicyclic) bond motifs is 1. The predicted molar refractivity (Wildman–Crippen MR) is 96.0 cm³/mol. The van der Waals surface area contributed by atoms with Gasteiger partial charge in [-0.1, -0.05) is 5.92 Å². The Labute approximate surface area is 146 Å². The third kappa shape index (κ3) is 4.40. The molecule has 0 aliphatic carbocycles. The number of carbonyl (C=O) groups is 1. The summed E-state index contributed by atoms with van der Waals surface area (Å²) in [7, 11) is 1.40. The number of methoxy groups -OCH3 is 1. The number of ether oxygens (including phenoxy) is 2. The SMILES string of the molecule is C#CC(C)(C)NC(=O)C(OC)Oc1ccc2ncc(SC)cc2c1. The van der Waals surface area contributed by atoms with Crippen LogP contribution in [0.25, 0.3) is 10.9 Å². The van der Waals surface area contributed by atoms with E-state index in [1.54, 1.807) is 31.7 Å². The molecule has 0 aliphatic rings. The lowest BCUT2D eigenvalue weighted by Crippen LogP contribution is -2.49. The second kappa shape index (κ2) is 7.56. The van der Waals surface area contributed by atoms with Gasteiger partial charge in [-0.15, -0.1) is 18.2 Å². The van der Waals surface area contributed by atoms with Gasteiger partial charge in [-0.3, -0.25) is 9.78 Å². The van der Waals surface area contributed by atoms with Gasteiger partial charge in [0.25, 0.3) is 12.2 Å². The number of hydrogen-bond acceptors (Lipinski definition) is 5. The zero-order valence-electron chi connectivity index (χ0n) is 14.1. The van der Waals surface area contributed by atoms with E-state index < -0.39 is 17.7 Å². The van der Waals surface area contributed by atoms with E-state index in [0.717, 1.165) is 15.8 Å². The number of benzene rings is 1. The van der Waals surface area contributed by atoms with E-state index in [4.69, 9.17) is 15.9 Å². The van der Waals surface area contributed by atoms with Crippen LogP contribution in [0.15, 0.2) is 35.4 Å². The number of pyridine rings is 1. The maximum atomic E-state index is 12.2. The van der Waals surface area contributed by atoms with Crippen molar-refractivity contribution in [2.24, 2.45) is 0 Å². The summed E-state index contributed by atoms with van der Waals surface area (Å²) in [6.45, 7) is 3.45. The highest BCUT2D eigenvalue weighted by atomic mass is 32.2. The quantitative estimate of drug-likeness (QED) is 0.496. The van der Waals surface area contributed by atoms with Crippen molar-refractivity contribution in [2.75, 3.05) is 13.4 Å². The highest BCUT2D eigenvalue weighted by Crippen LogP contribution is 2.24. The molecule has 1 amide bonds. The van der Waals surface area contributed by atoms with Crippen molar-refractivity contribution in [3.63, 3.8) is 0 Å². The topological polar surface area (TPSA) is 60.5 Å². The first kappa shape index (κ1) is 18.1. The molecule has 5 nitrogen and oxygen atoms in total. The molecular formula is C18H20N2O3S. The third-order valence-corrected chi connectivity index (χ3v) is 4.03. The van der Waals surface area contributed by atoms with E-state index in [9.17, 15) is 4.79 Å². The van der Waals surface area contributed by atoms with Gasteiger partial charge in [0.05, 0.1) is 11.1 Å². The van der Waals surface area contributed by atoms with Crippen molar-refractivity contribution >= 4 is 28.6 Å². The molecule has 1 heterocycles. The van der Waals surface area contributed by atoms with Gasteiger partial charge >= 0.3 is 0 Å². The molecule has 6 heteroatoms. The molecule has 0 saturated carbocycles. The van der Waals surface area contributed by atoms with Crippen LogP contribution in [-0.2, 0) is 9.53 Å². The molecule has 2 aromatic rings. The molecule has 1 atom stereocenters. The van der Waals surface area contributed by atoms with Gasteiger partial charge in [-0.05, 0) is 44.4 Å². The lowest BCUT2D eigenvalue weighted by molar-refractivity contribution is -0.149. The summed E-state index contributed by atoms with van der Waals surface area (Å²) in [6.07, 6.45) is 8.10. The maximum absolute atomic E-state index is 12.2. The van der Waals surface area contributed by atoms with E-state index in [1.807, 2.05) is 30.7 Å². The second-order valence-electron chi connectivity index (χ2n) is 5.67. The lowest BCUT2D eigenvalue weighted by Gasteiger charge is -2.23. The van der Waals surface area contributed by atoms with E-state index in [0.29, 0.717) is 5.75 Å². The second-order valence-corrected chi connectivity index (χ2v) is 6.55. The Balaban J connectivity index is 2.20. The summed E-state index contributed by atoms with van der Waals surface area (Å²) >= 11 is 1.61. The number of carbonyl (C=O) groups excluding carboxylic acids is 1. The van der Waals surface area contributed by atoms with Crippen molar-refractivity contribution in [2.45, 2.75) is 30.6 Å². The van der Waals surface area contributed by atoms with E-state index in [-0.39, 0.29) is 0 Å². The van der Waals surface area contributed by atoms with Gasteiger partial charge in [0.15, 0.2) is 0 Å². The Morgan fingerprint density at radius 2 is 2.17 bits per heavy atom. The maximum Gasteiger partial charge on any atom is 0.290 e. The summed E-state index contributed by atoms with van der Waals surface area (Å²) in [5.41, 5.74) is 0.0738. The molecule has 126 valence electrons. The monoisotopic (exact) mass is 344 g/mol. The Hall–Kier alpha value is -2.23. The summed E-state index contributed by atoms with van der Waals surface area (Å²) < 4.78 is 10.8. The van der Waals surface area contributed by atoms with Crippen LogP contribution >= 0.6 is 11.8 Å². The van der Waals surface area contributed by atoms with Gasteiger partial charge < -0.3 is 14.8 Å². The van der Waals surface area contributed by atoms with Gasteiger partial charge in [0.2, 0.25) is 0 Å². The number of nitrogens with zero attached hydrogens (tertiary/aromatic N) is 1. The van der Waals surface area contributed by atoms with Crippen LogP contribution in [0.1, 0.15) is 13.8 Å². The van der Waals surface area contributed by atoms with Crippen molar-refractivity contribution in [1.29, 1.82) is 0 Å². The number of rotatable bonds is 6. The minimum atomic E-state index is -1.09. The van der Waals surface area contributed by atoms with Crippen LogP contribution in [-0.4, -0.2) is 36.1 Å². The number of nitrogens with one attached hydrogen (secondary N) is 1. The van der Waals surface area contributed by atoms with Gasteiger partial charge in [-0.25, -0.2) is 0 Å². The molecule has 0 aliphatic heterocycles. The highest BCUT2D eigenvalue weighted by Gasteiger charge is 2.25. The van der Waals surface area contributed by atoms with Crippen molar-refractivity contribution in [1.82, 2.24) is 10.3 Å². The molecular weight excluding hydrogens is 324 g/mol. The van der Waals surface area contributed by atoms with Crippen LogP contribution in [0.2, 0.25) is 0 Å². The fraction of sp³-hybridized carbons (Fsp3) is 0.333. The fourth-order valence-corrected chi connectivity index (χ4v) is 2.41. The van der Waals surface area contributed by atoms with Crippen LogP contribution in [0.3, 0.4) is 0 Å². The van der Waals surface area contributed by atoms with Crippen molar-refractivity contribution in [3.05, 3.63) is 30.5 Å². The minimum absolute atomic E-state index is 0.434. The van der Waals surface area contributed by atoms with Crippen LogP contribution in [0.5, 0.6) is 5.75 Å². The largest absolute Gasteiger partial charge is 0.455 e. The smallest absolute Gasteiger partial charge is 0.290 e. The highest BCUT2D eigenvalue weighted by molar-refractivity contribution is 7.98. The van der Waals surface area contributed by atoms with Crippen molar-refractivity contribution < 1.29 is 14.3 Å². The normalized spacial score (nSPS) is 12.5. The molecule has 2 rings (SSSR count). The van der Waals surface area contributed by atoms with E-state index in [2.05, 4.69) is 16.2 Å². The molecule has 1 unspecified atom stereocenters. The van der Waals surface area contributed by atoms with Gasteiger partial charge in [0, 0.05) is 23.6 Å². The molecule has 0 fully saturated rings. The number of terminal acetylenes is 1. The molecule has 1 aromatic heterocycles. The van der Waals surface area contributed by atoms with Crippen LogP contribution < -0.4 is 10.1 Å². The van der Waals surface area contributed by atoms with Crippen LogP contribution in [0, 0.1) is 12.3 Å². The Kier molecular flexibility index (Phi) is 5.71. The number of thioether (sulfide) groups is 1. The van der Waals surface area contributed by atoms with Gasteiger partial charge in [-0.2, -0.15) is 0 Å². The van der Waals surface area contributed by atoms with E-state index >= 15 is 0 Å². The average Bonchev–Trinajstić information content (AvgIpc) is 2.58. The number of amides is 1. The van der Waals surface area contributed by atoms with Gasteiger partial charge in [0.1, 0.15) is 5.75 Å². The lowest BCUT2D eigenvalue weighted by atomic mass is 10.1. The summed E-state index contributed by atoms with van der Waals surface area (Å²) in [6, 6.07) is 7.43. The predicted octanol–water partition coefficient (Wildman–Crippen LogP) is 2.84. The molecule has 1 aromatic carbocycles. The summed E-state index contributed by atoms with van der Waals surface area (Å²) in [5, 5.41) is 3.62.